The van der Waals surface area contributed by atoms with Crippen LogP contribution in [0, 0.1) is 6.92 Å². The van der Waals surface area contributed by atoms with Gasteiger partial charge < -0.3 is 8.94 Å². The molecular formula is C16H11N3O2. The van der Waals surface area contributed by atoms with Crippen LogP contribution in [0.3, 0.4) is 0 Å². The van der Waals surface area contributed by atoms with E-state index in [1.54, 1.807) is 12.4 Å². The van der Waals surface area contributed by atoms with Crippen molar-refractivity contribution in [3.8, 4) is 22.8 Å². The fraction of sp³-hybridized carbons (Fsp3) is 0.0625. The second kappa shape index (κ2) is 4.56. The number of pyridine rings is 1. The van der Waals surface area contributed by atoms with Crippen molar-refractivity contribution >= 4 is 11.0 Å². The highest BCUT2D eigenvalue weighted by molar-refractivity contribution is 5.82. The van der Waals surface area contributed by atoms with Crippen LogP contribution in [-0.4, -0.2) is 15.1 Å². The first kappa shape index (κ1) is 11.8. The highest BCUT2D eigenvalue weighted by Crippen LogP contribution is 2.27. The van der Waals surface area contributed by atoms with Gasteiger partial charge in [0.05, 0.1) is 0 Å². The molecule has 0 N–H and O–H groups in total. The molecule has 4 rings (SSSR count). The molecule has 3 aromatic heterocycles. The van der Waals surface area contributed by atoms with Crippen LogP contribution in [0.2, 0.25) is 0 Å². The van der Waals surface area contributed by atoms with E-state index in [4.69, 9.17) is 8.94 Å². The van der Waals surface area contributed by atoms with E-state index in [0.717, 1.165) is 27.9 Å². The molecule has 0 aliphatic heterocycles. The Morgan fingerprint density at radius 1 is 1.05 bits per heavy atom. The van der Waals surface area contributed by atoms with E-state index in [-0.39, 0.29) is 0 Å². The number of nitrogens with zero attached hydrogens (tertiary/aromatic N) is 3. The second-order valence-corrected chi connectivity index (χ2v) is 4.77. The zero-order chi connectivity index (χ0) is 14.2. The van der Waals surface area contributed by atoms with Crippen molar-refractivity contribution in [2.24, 2.45) is 0 Å². The van der Waals surface area contributed by atoms with Crippen LogP contribution < -0.4 is 0 Å². The Kier molecular flexibility index (Phi) is 2.57. The third-order valence-corrected chi connectivity index (χ3v) is 3.23. The lowest BCUT2D eigenvalue weighted by atomic mass is 10.1. The second-order valence-electron chi connectivity index (χ2n) is 4.77. The van der Waals surface area contributed by atoms with Crippen LogP contribution in [0.4, 0.5) is 0 Å². The molecular weight excluding hydrogens is 266 g/mol. The Morgan fingerprint density at radius 2 is 2.00 bits per heavy atom. The smallest absolute Gasteiger partial charge is 0.258 e. The number of rotatable bonds is 2. The van der Waals surface area contributed by atoms with Crippen LogP contribution in [0.1, 0.15) is 5.76 Å². The molecule has 0 amide bonds. The molecule has 0 aliphatic rings. The molecule has 0 radical (unpaired) electrons. The summed E-state index contributed by atoms with van der Waals surface area (Å²) in [6.07, 6.45) is 3.41. The third-order valence-electron chi connectivity index (χ3n) is 3.23. The minimum absolute atomic E-state index is 0.481. The first-order chi connectivity index (χ1) is 10.3. The Labute approximate surface area is 120 Å². The van der Waals surface area contributed by atoms with Crippen molar-refractivity contribution in [3.63, 3.8) is 0 Å². The van der Waals surface area contributed by atoms with Gasteiger partial charge in [-0.3, -0.25) is 4.98 Å². The molecule has 0 saturated heterocycles. The molecule has 0 saturated carbocycles. The lowest BCUT2D eigenvalue weighted by Gasteiger charge is -1.93. The molecule has 0 bridgehead atoms. The summed E-state index contributed by atoms with van der Waals surface area (Å²) in [6.45, 7) is 1.92. The Balaban J connectivity index is 1.77. The summed E-state index contributed by atoms with van der Waals surface area (Å²) in [7, 11) is 0. The molecule has 5 heteroatoms. The molecule has 5 nitrogen and oxygen atoms in total. The number of aromatic nitrogens is 3. The first-order valence-electron chi connectivity index (χ1n) is 6.54. The summed E-state index contributed by atoms with van der Waals surface area (Å²) in [5, 5.41) is 5.02. The highest BCUT2D eigenvalue weighted by Gasteiger charge is 2.12. The van der Waals surface area contributed by atoms with Gasteiger partial charge in [-0.2, -0.15) is 4.98 Å². The highest BCUT2D eigenvalue weighted by atomic mass is 16.5. The number of hydrogen-bond donors (Lipinski definition) is 0. The summed E-state index contributed by atoms with van der Waals surface area (Å²) in [5.41, 5.74) is 2.54. The van der Waals surface area contributed by atoms with Gasteiger partial charge in [-0.25, -0.2) is 0 Å². The number of fused-ring (bicyclic) bond motifs is 1. The molecule has 102 valence electrons. The average Bonchev–Trinajstić information content (AvgIpc) is 3.12. The summed E-state index contributed by atoms with van der Waals surface area (Å²) in [6, 6.07) is 11.5. The van der Waals surface area contributed by atoms with Gasteiger partial charge in [0, 0.05) is 28.9 Å². The molecule has 1 aromatic carbocycles. The van der Waals surface area contributed by atoms with Crippen LogP contribution in [0.25, 0.3) is 33.8 Å². The minimum atomic E-state index is 0.481. The van der Waals surface area contributed by atoms with Crippen LogP contribution in [0.15, 0.2) is 57.7 Å². The van der Waals surface area contributed by atoms with Crippen molar-refractivity contribution in [2.75, 3.05) is 0 Å². The van der Waals surface area contributed by atoms with Crippen LogP contribution >= 0.6 is 0 Å². The molecule has 21 heavy (non-hydrogen) atoms. The Bertz CT molecular complexity index is 910. The number of furan rings is 1. The predicted molar refractivity (Wildman–Crippen MR) is 77.5 cm³/mol. The standard InChI is InChI=1S/C16H11N3O2/c1-10-7-13-8-11(4-5-14(13)20-10)16-18-15(19-21-16)12-3-2-6-17-9-12/h2-9H,1H3. The fourth-order valence-corrected chi connectivity index (χ4v) is 2.26. The number of benzene rings is 1. The predicted octanol–water partition coefficient (Wildman–Crippen LogP) is 3.85. The van der Waals surface area contributed by atoms with Crippen LogP contribution in [-0.2, 0) is 0 Å². The van der Waals surface area contributed by atoms with Crippen molar-refractivity contribution < 1.29 is 8.94 Å². The number of hydrogen-bond acceptors (Lipinski definition) is 5. The van der Waals surface area contributed by atoms with Gasteiger partial charge in [0.25, 0.3) is 5.89 Å². The van der Waals surface area contributed by atoms with Crippen LogP contribution in [0.5, 0.6) is 0 Å². The van der Waals surface area contributed by atoms with E-state index in [2.05, 4.69) is 15.1 Å². The van der Waals surface area contributed by atoms with E-state index in [9.17, 15) is 0 Å². The zero-order valence-electron chi connectivity index (χ0n) is 11.3. The van der Waals surface area contributed by atoms with Gasteiger partial charge in [-0.15, -0.1) is 0 Å². The molecule has 0 spiro atoms. The van der Waals surface area contributed by atoms with Gasteiger partial charge in [0.15, 0.2) is 0 Å². The first-order valence-corrected chi connectivity index (χ1v) is 6.54. The average molecular weight is 277 g/mol. The van der Waals surface area contributed by atoms with E-state index in [1.165, 1.54) is 0 Å². The normalized spacial score (nSPS) is 11.1. The topological polar surface area (TPSA) is 65.0 Å². The Hall–Kier alpha value is -2.95. The molecule has 0 unspecified atom stereocenters. The SMILES string of the molecule is Cc1cc2cc(-c3nc(-c4cccnc4)no3)ccc2o1. The summed E-state index contributed by atoms with van der Waals surface area (Å²) in [5.74, 6) is 1.89. The van der Waals surface area contributed by atoms with E-state index in [0.29, 0.717) is 11.7 Å². The van der Waals surface area contributed by atoms with E-state index in [1.807, 2.05) is 43.3 Å². The number of aryl methyl sites for hydroxylation is 1. The lowest BCUT2D eigenvalue weighted by Crippen LogP contribution is -1.82. The maximum Gasteiger partial charge on any atom is 0.258 e. The molecule has 0 aliphatic carbocycles. The third kappa shape index (κ3) is 2.08. The minimum Gasteiger partial charge on any atom is -0.461 e. The van der Waals surface area contributed by atoms with Gasteiger partial charge in [-0.05, 0) is 43.3 Å². The molecule has 4 aromatic rings. The van der Waals surface area contributed by atoms with Crippen molar-refractivity contribution in [1.29, 1.82) is 0 Å². The van der Waals surface area contributed by atoms with Gasteiger partial charge in [0.1, 0.15) is 11.3 Å². The monoisotopic (exact) mass is 277 g/mol. The summed E-state index contributed by atoms with van der Waals surface area (Å²) in [4.78, 5) is 8.47. The lowest BCUT2D eigenvalue weighted by molar-refractivity contribution is 0.432. The molecule has 0 atom stereocenters. The van der Waals surface area contributed by atoms with Crippen molar-refractivity contribution in [3.05, 3.63) is 54.6 Å². The molecule has 0 fully saturated rings. The van der Waals surface area contributed by atoms with Crippen molar-refractivity contribution in [2.45, 2.75) is 6.92 Å². The van der Waals surface area contributed by atoms with Crippen molar-refractivity contribution in [1.82, 2.24) is 15.1 Å². The maximum atomic E-state index is 5.56. The van der Waals surface area contributed by atoms with Gasteiger partial charge in [-0.1, -0.05) is 5.16 Å². The van der Waals surface area contributed by atoms with Gasteiger partial charge >= 0.3 is 0 Å². The summed E-state index contributed by atoms with van der Waals surface area (Å²) < 4.78 is 10.9. The fourth-order valence-electron chi connectivity index (χ4n) is 2.26. The quantitative estimate of drug-likeness (QED) is 0.556. The Morgan fingerprint density at radius 3 is 2.86 bits per heavy atom. The van der Waals surface area contributed by atoms with Gasteiger partial charge in [0.2, 0.25) is 5.82 Å². The van der Waals surface area contributed by atoms with E-state index < -0.39 is 0 Å². The van der Waals surface area contributed by atoms with E-state index >= 15 is 0 Å². The largest absolute Gasteiger partial charge is 0.461 e. The molecule has 3 heterocycles. The summed E-state index contributed by atoms with van der Waals surface area (Å²) >= 11 is 0. The maximum absolute atomic E-state index is 5.56. The zero-order valence-corrected chi connectivity index (χ0v) is 11.3.